The van der Waals surface area contributed by atoms with Gasteiger partial charge in [0.15, 0.2) is 0 Å². The van der Waals surface area contributed by atoms with Gasteiger partial charge in [0, 0.05) is 33.2 Å². The van der Waals surface area contributed by atoms with E-state index >= 15 is 0 Å². The van der Waals surface area contributed by atoms with E-state index in [2.05, 4.69) is 37.0 Å². The molecule has 2 rings (SSSR count). The number of hydrogen-bond donors (Lipinski definition) is 1. The normalized spacial score (nSPS) is 15.2. The van der Waals surface area contributed by atoms with Gasteiger partial charge in [-0.15, -0.1) is 0 Å². The molecule has 0 aromatic carbocycles. The molecule has 1 aromatic rings. The molecule has 0 saturated carbocycles. The zero-order valence-corrected chi connectivity index (χ0v) is 12.6. The van der Waals surface area contributed by atoms with E-state index in [9.17, 15) is 0 Å². The number of ether oxygens (including phenoxy) is 1. The third-order valence-electron chi connectivity index (χ3n) is 3.14. The van der Waals surface area contributed by atoms with Gasteiger partial charge in [-0.05, 0) is 13.3 Å². The van der Waals surface area contributed by atoms with Crippen LogP contribution in [0, 0.1) is 0 Å². The molecule has 0 bridgehead atoms. The fraction of sp³-hybridized carbons (Fsp3) is 0.769. The maximum Gasteiger partial charge on any atom is 0.232 e. The Morgan fingerprint density at radius 3 is 2.60 bits per heavy atom. The molecule has 1 saturated heterocycles. The number of hydrogen-bond acceptors (Lipinski definition) is 7. The Labute approximate surface area is 120 Å². The summed E-state index contributed by atoms with van der Waals surface area (Å²) in [5.41, 5.74) is 0. The highest BCUT2D eigenvalue weighted by molar-refractivity contribution is 5.45. The Hall–Kier alpha value is -1.63. The predicted molar refractivity (Wildman–Crippen MR) is 80.6 cm³/mol. The van der Waals surface area contributed by atoms with Gasteiger partial charge in [0.05, 0.1) is 13.2 Å². The molecule has 7 nitrogen and oxygen atoms in total. The van der Waals surface area contributed by atoms with E-state index in [0.717, 1.165) is 57.7 Å². The number of nitrogens with one attached hydrogen (secondary N) is 1. The van der Waals surface area contributed by atoms with Gasteiger partial charge < -0.3 is 19.9 Å². The van der Waals surface area contributed by atoms with E-state index in [0.29, 0.717) is 5.95 Å². The minimum atomic E-state index is 0.641. The first-order valence-corrected chi connectivity index (χ1v) is 7.28. The van der Waals surface area contributed by atoms with Crippen molar-refractivity contribution in [3.05, 3.63) is 0 Å². The van der Waals surface area contributed by atoms with Gasteiger partial charge in [-0.3, -0.25) is 0 Å². The van der Waals surface area contributed by atoms with Gasteiger partial charge >= 0.3 is 0 Å². The average Bonchev–Trinajstić information content (AvgIpc) is 2.48. The van der Waals surface area contributed by atoms with E-state index in [4.69, 9.17) is 4.74 Å². The molecule has 0 unspecified atom stereocenters. The first-order chi connectivity index (χ1) is 9.74. The lowest BCUT2D eigenvalue weighted by Crippen LogP contribution is -2.38. The van der Waals surface area contributed by atoms with Crippen molar-refractivity contribution in [1.82, 2.24) is 15.0 Å². The van der Waals surface area contributed by atoms with Crippen molar-refractivity contribution in [1.29, 1.82) is 0 Å². The predicted octanol–water partition coefficient (Wildman–Crippen LogP) is 0.986. The third kappa shape index (κ3) is 3.69. The number of morpholine rings is 1. The van der Waals surface area contributed by atoms with Crippen LogP contribution in [-0.2, 0) is 4.74 Å². The number of rotatable bonds is 6. The maximum atomic E-state index is 5.38. The van der Waals surface area contributed by atoms with Gasteiger partial charge in [0.2, 0.25) is 17.8 Å². The van der Waals surface area contributed by atoms with Crippen LogP contribution >= 0.6 is 0 Å². The number of nitrogens with zero attached hydrogens (tertiary/aromatic N) is 5. The third-order valence-corrected chi connectivity index (χ3v) is 3.14. The smallest absolute Gasteiger partial charge is 0.232 e. The fourth-order valence-corrected chi connectivity index (χ4v) is 2.10. The summed E-state index contributed by atoms with van der Waals surface area (Å²) in [6, 6.07) is 0. The lowest BCUT2D eigenvalue weighted by atomic mass is 10.4. The molecule has 0 radical (unpaired) electrons. The molecule has 0 amide bonds. The summed E-state index contributed by atoms with van der Waals surface area (Å²) >= 11 is 0. The second kappa shape index (κ2) is 7.23. The molecule has 0 atom stereocenters. The summed E-state index contributed by atoms with van der Waals surface area (Å²) in [7, 11) is 2.01. The molecule has 20 heavy (non-hydrogen) atoms. The van der Waals surface area contributed by atoms with Crippen LogP contribution < -0.4 is 15.1 Å². The fourth-order valence-electron chi connectivity index (χ4n) is 2.10. The molecule has 1 aliphatic rings. The first kappa shape index (κ1) is 14.8. The summed E-state index contributed by atoms with van der Waals surface area (Å²) in [6.45, 7) is 9.00. The zero-order valence-electron chi connectivity index (χ0n) is 12.6. The molecule has 2 heterocycles. The van der Waals surface area contributed by atoms with Crippen LogP contribution in [0.25, 0.3) is 0 Å². The van der Waals surface area contributed by atoms with Crippen LogP contribution in [0.2, 0.25) is 0 Å². The van der Waals surface area contributed by atoms with Gasteiger partial charge in [-0.1, -0.05) is 6.92 Å². The molecule has 0 aliphatic carbocycles. The lowest BCUT2D eigenvalue weighted by molar-refractivity contribution is 0.122. The second-order valence-electron chi connectivity index (χ2n) is 4.81. The zero-order chi connectivity index (χ0) is 14.4. The molecular formula is C13H24N6O. The van der Waals surface area contributed by atoms with Crippen LogP contribution in [-0.4, -0.2) is 61.4 Å². The topological polar surface area (TPSA) is 66.4 Å². The number of aromatic nitrogens is 3. The Morgan fingerprint density at radius 2 is 1.95 bits per heavy atom. The minimum absolute atomic E-state index is 0.641. The molecule has 0 spiro atoms. The molecule has 1 aromatic heterocycles. The Morgan fingerprint density at radius 1 is 1.20 bits per heavy atom. The lowest BCUT2D eigenvalue weighted by Gasteiger charge is -2.28. The van der Waals surface area contributed by atoms with Crippen molar-refractivity contribution in [3.63, 3.8) is 0 Å². The molecular weight excluding hydrogens is 256 g/mol. The molecule has 1 N–H and O–H groups in total. The maximum absolute atomic E-state index is 5.38. The van der Waals surface area contributed by atoms with Crippen LogP contribution in [0.15, 0.2) is 0 Å². The van der Waals surface area contributed by atoms with Crippen molar-refractivity contribution in [2.75, 3.05) is 61.6 Å². The summed E-state index contributed by atoms with van der Waals surface area (Å²) in [4.78, 5) is 17.8. The first-order valence-electron chi connectivity index (χ1n) is 7.28. The summed E-state index contributed by atoms with van der Waals surface area (Å²) < 4.78 is 5.38. The van der Waals surface area contributed by atoms with Crippen molar-refractivity contribution >= 4 is 17.8 Å². The standard InChI is InChI=1S/C13H24N6O/c1-4-6-18(3)12-15-11(14-5-2)16-13(17-12)19-7-9-20-10-8-19/h4-10H2,1-3H3,(H,14,15,16,17). The molecule has 1 fully saturated rings. The van der Waals surface area contributed by atoms with Crippen LogP contribution in [0.3, 0.4) is 0 Å². The van der Waals surface area contributed by atoms with E-state index in [-0.39, 0.29) is 0 Å². The average molecular weight is 280 g/mol. The molecule has 1 aliphatic heterocycles. The Balaban J connectivity index is 2.24. The monoisotopic (exact) mass is 280 g/mol. The van der Waals surface area contributed by atoms with Crippen molar-refractivity contribution in [2.45, 2.75) is 20.3 Å². The largest absolute Gasteiger partial charge is 0.378 e. The van der Waals surface area contributed by atoms with E-state index < -0.39 is 0 Å². The van der Waals surface area contributed by atoms with E-state index in [1.54, 1.807) is 0 Å². The quantitative estimate of drug-likeness (QED) is 0.833. The molecule has 112 valence electrons. The van der Waals surface area contributed by atoms with Gasteiger partial charge in [-0.25, -0.2) is 0 Å². The van der Waals surface area contributed by atoms with Crippen LogP contribution in [0.4, 0.5) is 17.8 Å². The van der Waals surface area contributed by atoms with E-state index in [1.165, 1.54) is 0 Å². The molecule has 7 heteroatoms. The Kier molecular flexibility index (Phi) is 5.34. The highest BCUT2D eigenvalue weighted by Crippen LogP contribution is 2.17. The Bertz CT molecular complexity index is 421. The van der Waals surface area contributed by atoms with Gasteiger partial charge in [0.1, 0.15) is 0 Å². The van der Waals surface area contributed by atoms with Crippen molar-refractivity contribution < 1.29 is 4.74 Å². The van der Waals surface area contributed by atoms with Gasteiger partial charge in [-0.2, -0.15) is 15.0 Å². The highest BCUT2D eigenvalue weighted by Gasteiger charge is 2.17. The summed E-state index contributed by atoms with van der Waals surface area (Å²) in [5.74, 6) is 2.10. The van der Waals surface area contributed by atoms with Crippen LogP contribution in [0.1, 0.15) is 20.3 Å². The van der Waals surface area contributed by atoms with Crippen molar-refractivity contribution in [2.24, 2.45) is 0 Å². The highest BCUT2D eigenvalue weighted by atomic mass is 16.5. The summed E-state index contributed by atoms with van der Waals surface area (Å²) in [6.07, 6.45) is 1.06. The van der Waals surface area contributed by atoms with Gasteiger partial charge in [0.25, 0.3) is 0 Å². The van der Waals surface area contributed by atoms with Crippen molar-refractivity contribution in [3.8, 4) is 0 Å². The van der Waals surface area contributed by atoms with E-state index in [1.807, 2.05) is 14.0 Å². The second-order valence-corrected chi connectivity index (χ2v) is 4.81. The number of anilines is 3. The van der Waals surface area contributed by atoms with Crippen LogP contribution in [0.5, 0.6) is 0 Å². The minimum Gasteiger partial charge on any atom is -0.378 e. The SMILES string of the molecule is CCCN(C)c1nc(NCC)nc(N2CCOCC2)n1. The summed E-state index contributed by atoms with van der Waals surface area (Å²) in [5, 5.41) is 3.18.